The van der Waals surface area contributed by atoms with Gasteiger partial charge in [-0.1, -0.05) is 36.4 Å². The fraction of sp³-hybridized carbons (Fsp3) is 0.409. The van der Waals surface area contributed by atoms with Crippen molar-refractivity contribution in [2.75, 3.05) is 32.1 Å². The van der Waals surface area contributed by atoms with E-state index in [9.17, 15) is 4.79 Å². The second-order valence-corrected chi connectivity index (χ2v) is 7.58. The summed E-state index contributed by atoms with van der Waals surface area (Å²) in [7, 11) is 1.63. The summed E-state index contributed by atoms with van der Waals surface area (Å²) >= 11 is 0. The molecule has 2 aromatic rings. The molecule has 3 saturated heterocycles. The Bertz CT molecular complexity index is 780. The number of anilines is 1. The summed E-state index contributed by atoms with van der Waals surface area (Å²) in [5, 5.41) is 3.04. The van der Waals surface area contributed by atoms with E-state index in [0.717, 1.165) is 37.6 Å². The van der Waals surface area contributed by atoms with Gasteiger partial charge < -0.3 is 15.0 Å². The first kappa shape index (κ1) is 17.9. The molecule has 3 aliphatic heterocycles. The number of carbonyl (C=O) groups is 1. The van der Waals surface area contributed by atoms with Crippen LogP contribution in [0.25, 0.3) is 0 Å². The topological polar surface area (TPSA) is 44.8 Å². The third kappa shape index (κ3) is 4.25. The summed E-state index contributed by atoms with van der Waals surface area (Å²) in [6.45, 7) is 3.66. The number of nitrogens with one attached hydrogen (secondary N) is 1. The second kappa shape index (κ2) is 8.01. The summed E-state index contributed by atoms with van der Waals surface area (Å²) in [6, 6.07) is 18.6. The molecular formula is C22H27N3O2. The molecule has 5 heteroatoms. The maximum Gasteiger partial charge on any atom is 0.321 e. The van der Waals surface area contributed by atoms with E-state index in [1.54, 1.807) is 7.11 Å². The number of benzene rings is 2. The van der Waals surface area contributed by atoms with Gasteiger partial charge in [0.1, 0.15) is 5.75 Å². The quantitative estimate of drug-likeness (QED) is 0.896. The van der Waals surface area contributed by atoms with E-state index in [0.29, 0.717) is 12.0 Å². The monoisotopic (exact) mass is 365 g/mol. The predicted octanol–water partition coefficient (Wildman–Crippen LogP) is 3.82. The third-order valence-electron chi connectivity index (χ3n) is 5.66. The lowest BCUT2D eigenvalue weighted by molar-refractivity contribution is 0.124. The summed E-state index contributed by atoms with van der Waals surface area (Å²) < 4.78 is 5.25. The molecule has 2 bridgehead atoms. The molecule has 0 aliphatic carbocycles. The number of hydrogen-bond donors (Lipinski definition) is 1. The first-order valence-corrected chi connectivity index (χ1v) is 9.69. The number of nitrogens with zero attached hydrogens (tertiary/aromatic N) is 2. The Balaban J connectivity index is 1.42. The van der Waals surface area contributed by atoms with E-state index in [1.165, 1.54) is 18.4 Å². The number of fused-ring (bicyclic) bond motifs is 4. The normalized spacial score (nSPS) is 22.3. The van der Waals surface area contributed by atoms with Crippen molar-refractivity contribution < 1.29 is 9.53 Å². The van der Waals surface area contributed by atoms with Crippen molar-refractivity contribution in [1.29, 1.82) is 0 Å². The van der Waals surface area contributed by atoms with Crippen molar-refractivity contribution in [3.8, 4) is 5.75 Å². The summed E-state index contributed by atoms with van der Waals surface area (Å²) in [5.74, 6) is 1.29. The molecule has 2 atom stereocenters. The average molecular weight is 365 g/mol. The lowest BCUT2D eigenvalue weighted by atomic mass is 9.94. The first-order chi connectivity index (χ1) is 13.2. The minimum Gasteiger partial charge on any atom is -0.497 e. The van der Waals surface area contributed by atoms with Gasteiger partial charge in [-0.2, -0.15) is 0 Å². The van der Waals surface area contributed by atoms with Crippen LogP contribution in [0.15, 0.2) is 54.6 Å². The summed E-state index contributed by atoms with van der Waals surface area (Å²) in [5.41, 5.74) is 2.12. The SMILES string of the molecule is COc1cccc(NC(=O)N2C[C@H]3CC[C@@H](C2)N(Cc2ccccc2)C3)c1. The lowest BCUT2D eigenvalue weighted by Crippen LogP contribution is -2.44. The van der Waals surface area contributed by atoms with Gasteiger partial charge in [0, 0.05) is 44.0 Å². The molecule has 0 radical (unpaired) electrons. The minimum absolute atomic E-state index is 0.0123. The van der Waals surface area contributed by atoms with Gasteiger partial charge >= 0.3 is 6.03 Å². The molecule has 3 fully saturated rings. The van der Waals surface area contributed by atoms with Crippen molar-refractivity contribution in [3.63, 3.8) is 0 Å². The van der Waals surface area contributed by atoms with E-state index in [1.807, 2.05) is 29.2 Å². The second-order valence-electron chi connectivity index (χ2n) is 7.58. The molecule has 0 aromatic heterocycles. The van der Waals surface area contributed by atoms with E-state index in [4.69, 9.17) is 4.74 Å². The highest BCUT2D eigenvalue weighted by Gasteiger charge is 2.36. The van der Waals surface area contributed by atoms with Crippen molar-refractivity contribution >= 4 is 11.7 Å². The molecule has 0 unspecified atom stereocenters. The minimum atomic E-state index is -0.0123. The maximum atomic E-state index is 12.9. The fourth-order valence-electron chi connectivity index (χ4n) is 4.26. The zero-order valence-corrected chi connectivity index (χ0v) is 15.8. The molecule has 2 amide bonds. The molecule has 0 spiro atoms. The van der Waals surface area contributed by atoms with E-state index < -0.39 is 0 Å². The van der Waals surface area contributed by atoms with Crippen molar-refractivity contribution in [2.45, 2.75) is 25.4 Å². The number of urea groups is 1. The summed E-state index contributed by atoms with van der Waals surface area (Å²) in [4.78, 5) is 17.4. The Morgan fingerprint density at radius 1 is 1.07 bits per heavy atom. The largest absolute Gasteiger partial charge is 0.497 e. The zero-order valence-electron chi connectivity index (χ0n) is 15.8. The number of amides is 2. The number of carbonyl (C=O) groups excluding carboxylic acids is 1. The van der Waals surface area contributed by atoms with E-state index in [-0.39, 0.29) is 6.03 Å². The van der Waals surface area contributed by atoms with Crippen LogP contribution in [0, 0.1) is 5.92 Å². The average Bonchev–Trinajstić information content (AvgIpc) is 3.01. The molecular weight excluding hydrogens is 338 g/mol. The number of rotatable bonds is 4. The van der Waals surface area contributed by atoms with Crippen LogP contribution in [0.4, 0.5) is 10.5 Å². The van der Waals surface area contributed by atoms with Crippen LogP contribution in [0.3, 0.4) is 0 Å². The Morgan fingerprint density at radius 2 is 1.93 bits per heavy atom. The predicted molar refractivity (Wildman–Crippen MR) is 107 cm³/mol. The van der Waals surface area contributed by atoms with Gasteiger partial charge in [0.25, 0.3) is 0 Å². The molecule has 27 heavy (non-hydrogen) atoms. The molecule has 2 aromatic carbocycles. The van der Waals surface area contributed by atoms with Gasteiger partial charge in [0.05, 0.1) is 7.11 Å². The maximum absolute atomic E-state index is 12.9. The van der Waals surface area contributed by atoms with Crippen LogP contribution in [-0.4, -0.2) is 48.6 Å². The molecule has 3 heterocycles. The first-order valence-electron chi connectivity index (χ1n) is 9.69. The van der Waals surface area contributed by atoms with Crippen LogP contribution in [0.2, 0.25) is 0 Å². The number of methoxy groups -OCH3 is 1. The van der Waals surface area contributed by atoms with Gasteiger partial charge in [-0.15, -0.1) is 0 Å². The van der Waals surface area contributed by atoms with Gasteiger partial charge in [0.15, 0.2) is 0 Å². The smallest absolute Gasteiger partial charge is 0.321 e. The molecule has 142 valence electrons. The van der Waals surface area contributed by atoms with Gasteiger partial charge in [0.2, 0.25) is 0 Å². The highest BCUT2D eigenvalue weighted by Crippen LogP contribution is 2.29. The Labute approximate surface area is 160 Å². The van der Waals surface area contributed by atoms with Crippen LogP contribution >= 0.6 is 0 Å². The standard InChI is InChI=1S/C22H27N3O2/c1-27-21-9-5-8-19(12-21)23-22(26)25-15-18-10-11-20(16-25)24(14-18)13-17-6-3-2-4-7-17/h2-9,12,18,20H,10-11,13-16H2,1H3,(H,23,26)/t18-,20-/m0/s1. The number of piperidine rings is 1. The van der Waals surface area contributed by atoms with Gasteiger partial charge in [-0.05, 0) is 36.5 Å². The van der Waals surface area contributed by atoms with Crippen LogP contribution < -0.4 is 10.1 Å². The van der Waals surface area contributed by atoms with Crippen LogP contribution in [-0.2, 0) is 6.54 Å². The van der Waals surface area contributed by atoms with Crippen molar-refractivity contribution in [1.82, 2.24) is 9.80 Å². The highest BCUT2D eigenvalue weighted by atomic mass is 16.5. The van der Waals surface area contributed by atoms with Gasteiger partial charge in [-0.25, -0.2) is 4.79 Å². The Hall–Kier alpha value is -2.53. The highest BCUT2D eigenvalue weighted by molar-refractivity contribution is 5.89. The molecule has 5 nitrogen and oxygen atoms in total. The fourth-order valence-corrected chi connectivity index (χ4v) is 4.26. The summed E-state index contributed by atoms with van der Waals surface area (Å²) in [6.07, 6.45) is 2.37. The molecule has 1 N–H and O–H groups in total. The molecule has 0 saturated carbocycles. The molecule has 5 rings (SSSR count). The van der Waals surface area contributed by atoms with E-state index in [2.05, 4.69) is 40.5 Å². The number of hydrogen-bond acceptors (Lipinski definition) is 3. The number of ether oxygens (including phenoxy) is 1. The van der Waals surface area contributed by atoms with Crippen molar-refractivity contribution in [3.05, 3.63) is 60.2 Å². The van der Waals surface area contributed by atoms with E-state index >= 15 is 0 Å². The molecule has 3 aliphatic rings. The Morgan fingerprint density at radius 3 is 2.74 bits per heavy atom. The van der Waals surface area contributed by atoms with Gasteiger partial charge in [-0.3, -0.25) is 4.90 Å². The lowest BCUT2D eigenvalue weighted by Gasteiger charge is -2.36. The zero-order chi connectivity index (χ0) is 18.6. The van der Waals surface area contributed by atoms with Crippen LogP contribution in [0.5, 0.6) is 5.75 Å². The third-order valence-corrected chi connectivity index (χ3v) is 5.66. The van der Waals surface area contributed by atoms with Crippen molar-refractivity contribution in [2.24, 2.45) is 5.92 Å². The Kier molecular flexibility index (Phi) is 5.30. The van der Waals surface area contributed by atoms with Crippen LogP contribution in [0.1, 0.15) is 18.4 Å².